The maximum atomic E-state index is 13.1. The van der Waals surface area contributed by atoms with E-state index in [9.17, 15) is 4.39 Å². The zero-order valence-corrected chi connectivity index (χ0v) is 11.0. The van der Waals surface area contributed by atoms with Crippen LogP contribution in [0.3, 0.4) is 0 Å². The maximum absolute atomic E-state index is 13.1. The zero-order valence-electron chi connectivity index (χ0n) is 11.0. The van der Waals surface area contributed by atoms with Gasteiger partial charge in [-0.15, -0.1) is 0 Å². The maximum Gasteiger partial charge on any atom is 0.124 e. The van der Waals surface area contributed by atoms with Gasteiger partial charge in [0.25, 0.3) is 0 Å². The molecular formula is C16H16FNO2. The lowest BCUT2D eigenvalue weighted by Gasteiger charge is -2.14. The van der Waals surface area contributed by atoms with E-state index in [1.165, 1.54) is 12.1 Å². The molecule has 3 nitrogen and oxygen atoms in total. The number of nitrogens with two attached hydrogens (primary N) is 1. The highest BCUT2D eigenvalue weighted by atomic mass is 19.1. The second-order valence-corrected chi connectivity index (χ2v) is 4.81. The molecular weight excluding hydrogens is 257 g/mol. The van der Waals surface area contributed by atoms with Gasteiger partial charge < -0.3 is 15.2 Å². The summed E-state index contributed by atoms with van der Waals surface area (Å²) < 4.78 is 24.5. The Labute approximate surface area is 117 Å². The highest BCUT2D eigenvalue weighted by Crippen LogP contribution is 2.34. The number of rotatable bonds is 4. The smallest absolute Gasteiger partial charge is 0.124 e. The lowest BCUT2D eigenvalue weighted by molar-refractivity contribution is 0.246. The Hall–Kier alpha value is -2.07. The third kappa shape index (κ3) is 2.47. The molecule has 0 saturated carbocycles. The van der Waals surface area contributed by atoms with E-state index in [4.69, 9.17) is 15.2 Å². The van der Waals surface area contributed by atoms with Crippen LogP contribution in [0, 0.1) is 5.82 Å². The van der Waals surface area contributed by atoms with Crippen LogP contribution >= 0.6 is 0 Å². The van der Waals surface area contributed by atoms with E-state index in [2.05, 4.69) is 0 Å². The lowest BCUT2D eigenvalue weighted by atomic mass is 10.0. The summed E-state index contributed by atoms with van der Waals surface area (Å²) in [5.74, 6) is 1.45. The van der Waals surface area contributed by atoms with E-state index in [1.807, 2.05) is 24.3 Å². The van der Waals surface area contributed by atoms with Crippen molar-refractivity contribution >= 4 is 0 Å². The SMILES string of the molecule is NCc1cc(F)ccc1OCC1COc2ccccc21. The van der Waals surface area contributed by atoms with Gasteiger partial charge in [0.05, 0.1) is 19.1 Å². The van der Waals surface area contributed by atoms with Gasteiger partial charge in [0.15, 0.2) is 0 Å². The fourth-order valence-electron chi connectivity index (χ4n) is 2.41. The van der Waals surface area contributed by atoms with Crippen LogP contribution in [0.5, 0.6) is 11.5 Å². The van der Waals surface area contributed by atoms with E-state index >= 15 is 0 Å². The van der Waals surface area contributed by atoms with Crippen LogP contribution in [0.1, 0.15) is 17.0 Å². The van der Waals surface area contributed by atoms with Gasteiger partial charge in [-0.05, 0) is 24.3 Å². The first-order valence-electron chi connectivity index (χ1n) is 6.61. The first-order valence-corrected chi connectivity index (χ1v) is 6.61. The minimum absolute atomic E-state index is 0.196. The Morgan fingerprint density at radius 3 is 2.95 bits per heavy atom. The molecule has 0 amide bonds. The van der Waals surface area contributed by atoms with Gasteiger partial charge in [0.1, 0.15) is 17.3 Å². The first-order chi connectivity index (χ1) is 9.78. The van der Waals surface area contributed by atoms with Crippen molar-refractivity contribution in [2.75, 3.05) is 13.2 Å². The summed E-state index contributed by atoms with van der Waals surface area (Å²) in [6.45, 7) is 1.36. The molecule has 0 aromatic heterocycles. The third-order valence-electron chi connectivity index (χ3n) is 3.48. The Bertz CT molecular complexity index is 615. The van der Waals surface area contributed by atoms with E-state index in [0.29, 0.717) is 24.5 Å². The summed E-state index contributed by atoms with van der Waals surface area (Å²) in [6, 6.07) is 12.4. The molecule has 0 aliphatic carbocycles. The molecule has 0 fully saturated rings. The molecule has 0 spiro atoms. The molecule has 1 aliphatic rings. The quantitative estimate of drug-likeness (QED) is 0.931. The number of hydrogen-bond donors (Lipinski definition) is 1. The van der Waals surface area contributed by atoms with Gasteiger partial charge in [-0.3, -0.25) is 0 Å². The molecule has 1 unspecified atom stereocenters. The molecule has 2 aromatic carbocycles. The Balaban J connectivity index is 1.72. The normalized spacial score (nSPS) is 16.6. The molecule has 104 valence electrons. The number of para-hydroxylation sites is 1. The van der Waals surface area contributed by atoms with Crippen molar-refractivity contribution in [2.45, 2.75) is 12.5 Å². The Morgan fingerprint density at radius 2 is 2.10 bits per heavy atom. The van der Waals surface area contributed by atoms with Crippen LogP contribution in [-0.2, 0) is 6.54 Å². The number of fused-ring (bicyclic) bond motifs is 1. The largest absolute Gasteiger partial charge is 0.493 e. The minimum Gasteiger partial charge on any atom is -0.493 e. The molecule has 20 heavy (non-hydrogen) atoms. The van der Waals surface area contributed by atoms with Crippen molar-refractivity contribution in [1.82, 2.24) is 0 Å². The molecule has 0 radical (unpaired) electrons. The average molecular weight is 273 g/mol. The van der Waals surface area contributed by atoms with E-state index < -0.39 is 0 Å². The molecule has 1 aliphatic heterocycles. The van der Waals surface area contributed by atoms with Crippen LogP contribution in [0.15, 0.2) is 42.5 Å². The zero-order chi connectivity index (χ0) is 13.9. The monoisotopic (exact) mass is 273 g/mol. The van der Waals surface area contributed by atoms with Crippen molar-refractivity contribution in [3.8, 4) is 11.5 Å². The second-order valence-electron chi connectivity index (χ2n) is 4.81. The average Bonchev–Trinajstić information content (AvgIpc) is 2.89. The fraction of sp³-hybridized carbons (Fsp3) is 0.250. The Morgan fingerprint density at radius 1 is 1.25 bits per heavy atom. The number of halogens is 1. The predicted octanol–water partition coefficient (Wildman–Crippen LogP) is 2.84. The highest BCUT2D eigenvalue weighted by Gasteiger charge is 2.24. The van der Waals surface area contributed by atoms with Gasteiger partial charge in [0, 0.05) is 17.7 Å². The number of ether oxygens (including phenoxy) is 2. The van der Waals surface area contributed by atoms with Gasteiger partial charge in [-0.25, -0.2) is 4.39 Å². The summed E-state index contributed by atoms with van der Waals surface area (Å²) in [5, 5.41) is 0. The van der Waals surface area contributed by atoms with Crippen molar-refractivity contribution in [3.63, 3.8) is 0 Å². The first kappa shape index (κ1) is 12.9. The summed E-state index contributed by atoms with van der Waals surface area (Å²) in [7, 11) is 0. The van der Waals surface area contributed by atoms with Crippen LogP contribution in [0.25, 0.3) is 0 Å². The van der Waals surface area contributed by atoms with Gasteiger partial charge >= 0.3 is 0 Å². The fourth-order valence-corrected chi connectivity index (χ4v) is 2.41. The summed E-state index contributed by atoms with van der Waals surface area (Å²) in [5.41, 5.74) is 7.44. The topological polar surface area (TPSA) is 44.5 Å². The molecule has 3 rings (SSSR count). The van der Waals surface area contributed by atoms with Crippen LogP contribution < -0.4 is 15.2 Å². The van der Waals surface area contributed by atoms with Gasteiger partial charge in [-0.2, -0.15) is 0 Å². The highest BCUT2D eigenvalue weighted by molar-refractivity contribution is 5.40. The van der Waals surface area contributed by atoms with Crippen molar-refractivity contribution in [1.29, 1.82) is 0 Å². The molecule has 0 saturated heterocycles. The van der Waals surface area contributed by atoms with Crippen LogP contribution in [0.2, 0.25) is 0 Å². The van der Waals surface area contributed by atoms with Crippen LogP contribution in [0.4, 0.5) is 4.39 Å². The summed E-state index contributed by atoms with van der Waals surface area (Å²) in [4.78, 5) is 0. The van der Waals surface area contributed by atoms with Crippen molar-refractivity contribution in [3.05, 3.63) is 59.4 Å². The van der Waals surface area contributed by atoms with Gasteiger partial charge in [-0.1, -0.05) is 18.2 Å². The van der Waals surface area contributed by atoms with E-state index in [0.717, 1.165) is 11.3 Å². The van der Waals surface area contributed by atoms with Crippen molar-refractivity contribution < 1.29 is 13.9 Å². The molecule has 2 N–H and O–H groups in total. The predicted molar refractivity (Wildman–Crippen MR) is 74.5 cm³/mol. The summed E-state index contributed by atoms with van der Waals surface area (Å²) in [6.07, 6.45) is 0. The number of benzene rings is 2. The standard InChI is InChI=1S/C16H16FNO2/c17-13-5-6-15(11(7-13)8-18)19-9-12-10-20-16-4-2-1-3-14(12)16/h1-7,12H,8-10,18H2. The second kappa shape index (κ2) is 5.51. The lowest BCUT2D eigenvalue weighted by Crippen LogP contribution is -2.13. The summed E-state index contributed by atoms with van der Waals surface area (Å²) >= 11 is 0. The van der Waals surface area contributed by atoms with E-state index in [-0.39, 0.29) is 18.3 Å². The van der Waals surface area contributed by atoms with Gasteiger partial charge in [0.2, 0.25) is 0 Å². The molecule has 2 aromatic rings. The van der Waals surface area contributed by atoms with E-state index in [1.54, 1.807) is 6.07 Å². The van der Waals surface area contributed by atoms with Crippen LogP contribution in [-0.4, -0.2) is 13.2 Å². The molecule has 1 heterocycles. The Kier molecular flexibility index (Phi) is 3.56. The minimum atomic E-state index is -0.299. The van der Waals surface area contributed by atoms with Crippen molar-refractivity contribution in [2.24, 2.45) is 5.73 Å². The molecule has 4 heteroatoms. The molecule has 1 atom stereocenters. The third-order valence-corrected chi connectivity index (χ3v) is 3.48. The number of hydrogen-bond acceptors (Lipinski definition) is 3. The molecule has 0 bridgehead atoms.